The van der Waals surface area contributed by atoms with Crippen molar-refractivity contribution in [3.63, 3.8) is 0 Å². The summed E-state index contributed by atoms with van der Waals surface area (Å²) in [5.74, 6) is -0.513. The second kappa shape index (κ2) is 6.34. The van der Waals surface area contributed by atoms with Crippen molar-refractivity contribution in [2.24, 2.45) is 11.7 Å². The van der Waals surface area contributed by atoms with E-state index in [-0.39, 0.29) is 5.75 Å². The lowest BCUT2D eigenvalue weighted by atomic mass is 10.1. The molecular weight excluding hydrogens is 285 g/mol. The van der Waals surface area contributed by atoms with E-state index in [4.69, 9.17) is 10.5 Å². The van der Waals surface area contributed by atoms with E-state index < -0.39 is 23.2 Å². The van der Waals surface area contributed by atoms with Crippen molar-refractivity contribution >= 4 is 5.91 Å². The van der Waals surface area contributed by atoms with Crippen molar-refractivity contribution in [1.29, 1.82) is 0 Å². The Morgan fingerprint density at radius 2 is 2.19 bits per heavy atom. The van der Waals surface area contributed by atoms with E-state index in [0.29, 0.717) is 12.5 Å². The number of ether oxygens (including phenoxy) is 1. The molecule has 0 aliphatic carbocycles. The van der Waals surface area contributed by atoms with Gasteiger partial charge in [0, 0.05) is 0 Å². The number of nitrogens with two attached hydrogens (primary N) is 1. The maximum absolute atomic E-state index is 12.9. The van der Waals surface area contributed by atoms with Crippen molar-refractivity contribution in [1.82, 2.24) is 5.32 Å². The fraction of sp³-hybridized carbons (Fsp3) is 0.500. The van der Waals surface area contributed by atoms with Crippen LogP contribution < -0.4 is 15.8 Å². The van der Waals surface area contributed by atoms with Gasteiger partial charge in [-0.3, -0.25) is 4.79 Å². The summed E-state index contributed by atoms with van der Waals surface area (Å²) in [5.41, 5.74) is 3.35. The van der Waals surface area contributed by atoms with Crippen LogP contribution in [0.5, 0.6) is 5.75 Å². The molecule has 7 heteroatoms. The number of amides is 1. The lowest BCUT2D eigenvalue weighted by molar-refractivity contribution is -0.138. The number of carbonyl (C=O) groups is 1. The normalized spacial score (nSPS) is 18.7. The Morgan fingerprint density at radius 3 is 2.76 bits per heavy atom. The van der Waals surface area contributed by atoms with Crippen LogP contribution >= 0.6 is 0 Å². The fourth-order valence-electron chi connectivity index (χ4n) is 2.37. The zero-order valence-corrected chi connectivity index (χ0v) is 11.4. The number of benzene rings is 1. The lowest BCUT2D eigenvalue weighted by Gasteiger charge is -2.14. The number of carbonyl (C=O) groups excluding carboxylic acids is 1. The Labute approximate surface area is 120 Å². The third kappa shape index (κ3) is 4.10. The molecule has 1 aliphatic heterocycles. The third-order valence-corrected chi connectivity index (χ3v) is 3.52. The Hall–Kier alpha value is -1.76. The molecule has 1 amide bonds. The van der Waals surface area contributed by atoms with Crippen LogP contribution in [-0.2, 0) is 6.18 Å². The molecule has 0 radical (unpaired) electrons. The number of rotatable bonds is 5. The van der Waals surface area contributed by atoms with Crippen LogP contribution in [0.3, 0.4) is 0 Å². The average molecular weight is 302 g/mol. The van der Waals surface area contributed by atoms with Crippen LogP contribution in [0.4, 0.5) is 13.2 Å². The van der Waals surface area contributed by atoms with Crippen molar-refractivity contribution < 1.29 is 22.7 Å². The van der Waals surface area contributed by atoms with E-state index in [1.165, 1.54) is 6.07 Å². The summed E-state index contributed by atoms with van der Waals surface area (Å²) in [4.78, 5) is 11.0. The summed E-state index contributed by atoms with van der Waals surface area (Å²) in [6.45, 7) is 2.23. The Bertz CT molecular complexity index is 511. The summed E-state index contributed by atoms with van der Waals surface area (Å²) in [7, 11) is 0. The molecule has 1 saturated heterocycles. The van der Waals surface area contributed by atoms with Crippen LogP contribution in [0, 0.1) is 5.92 Å². The zero-order valence-electron chi connectivity index (χ0n) is 11.4. The topological polar surface area (TPSA) is 64.4 Å². The van der Waals surface area contributed by atoms with Crippen molar-refractivity contribution in [3.05, 3.63) is 29.3 Å². The molecule has 0 bridgehead atoms. The van der Waals surface area contributed by atoms with E-state index in [1.807, 2.05) is 0 Å². The number of alkyl halides is 3. The molecule has 2 rings (SSSR count). The number of hydrogen-bond donors (Lipinski definition) is 2. The molecule has 1 unspecified atom stereocenters. The van der Waals surface area contributed by atoms with Crippen LogP contribution in [0.2, 0.25) is 0 Å². The van der Waals surface area contributed by atoms with Gasteiger partial charge in [-0.25, -0.2) is 0 Å². The van der Waals surface area contributed by atoms with Gasteiger partial charge in [-0.05, 0) is 50.0 Å². The minimum Gasteiger partial charge on any atom is -0.494 e. The Balaban J connectivity index is 2.04. The number of halogens is 3. The molecule has 1 heterocycles. The highest BCUT2D eigenvalue weighted by Crippen LogP contribution is 2.34. The lowest BCUT2D eigenvalue weighted by Crippen LogP contribution is -2.19. The first kappa shape index (κ1) is 15.6. The van der Waals surface area contributed by atoms with Gasteiger partial charge in [0.2, 0.25) is 5.91 Å². The average Bonchev–Trinajstić information content (AvgIpc) is 2.90. The highest BCUT2D eigenvalue weighted by atomic mass is 19.4. The van der Waals surface area contributed by atoms with Gasteiger partial charge < -0.3 is 15.8 Å². The van der Waals surface area contributed by atoms with Crippen LogP contribution in [-0.4, -0.2) is 25.6 Å². The second-order valence-electron chi connectivity index (χ2n) is 5.07. The Kier molecular flexibility index (Phi) is 4.72. The maximum Gasteiger partial charge on any atom is 0.417 e. The number of nitrogens with one attached hydrogen (secondary N) is 1. The standard InChI is InChI=1S/C14H17F3N2O2/c15-14(16,17)12-7-10(1-2-11(12)13(18)20)21-6-4-9-3-5-19-8-9/h1-2,7,9,19H,3-6,8H2,(H2,18,20). The summed E-state index contributed by atoms with van der Waals surface area (Å²) >= 11 is 0. The molecule has 1 atom stereocenters. The van der Waals surface area contributed by atoms with Crippen molar-refractivity contribution in [2.75, 3.05) is 19.7 Å². The predicted molar refractivity (Wildman–Crippen MR) is 71.1 cm³/mol. The SMILES string of the molecule is NC(=O)c1ccc(OCCC2CCNC2)cc1C(F)(F)F. The smallest absolute Gasteiger partial charge is 0.417 e. The van der Waals surface area contributed by atoms with Gasteiger partial charge in [0.15, 0.2) is 0 Å². The van der Waals surface area contributed by atoms with Crippen LogP contribution in [0.1, 0.15) is 28.8 Å². The van der Waals surface area contributed by atoms with Gasteiger partial charge in [-0.1, -0.05) is 0 Å². The largest absolute Gasteiger partial charge is 0.494 e. The highest BCUT2D eigenvalue weighted by Gasteiger charge is 2.35. The quantitative estimate of drug-likeness (QED) is 0.876. The zero-order chi connectivity index (χ0) is 15.5. The van der Waals surface area contributed by atoms with Crippen LogP contribution in [0.15, 0.2) is 18.2 Å². The summed E-state index contributed by atoms with van der Waals surface area (Å²) < 4.78 is 44.0. The van der Waals surface area contributed by atoms with Gasteiger partial charge in [-0.15, -0.1) is 0 Å². The van der Waals surface area contributed by atoms with Gasteiger partial charge in [0.25, 0.3) is 0 Å². The fourth-order valence-corrected chi connectivity index (χ4v) is 2.37. The first-order valence-electron chi connectivity index (χ1n) is 6.72. The van der Waals surface area contributed by atoms with Crippen LogP contribution in [0.25, 0.3) is 0 Å². The minimum atomic E-state index is -4.64. The predicted octanol–water partition coefficient (Wildman–Crippen LogP) is 2.18. The molecule has 0 aromatic heterocycles. The van der Waals surface area contributed by atoms with E-state index in [2.05, 4.69) is 5.32 Å². The first-order valence-corrected chi connectivity index (χ1v) is 6.72. The second-order valence-corrected chi connectivity index (χ2v) is 5.07. The van der Waals surface area contributed by atoms with E-state index >= 15 is 0 Å². The van der Waals surface area contributed by atoms with Crippen molar-refractivity contribution in [2.45, 2.75) is 19.0 Å². The van der Waals surface area contributed by atoms with Gasteiger partial charge in [0.05, 0.1) is 17.7 Å². The molecule has 3 N–H and O–H groups in total. The summed E-state index contributed by atoms with van der Waals surface area (Å²) in [5, 5.41) is 3.21. The van der Waals surface area contributed by atoms with Gasteiger partial charge >= 0.3 is 6.18 Å². The third-order valence-electron chi connectivity index (χ3n) is 3.52. The van der Waals surface area contributed by atoms with Gasteiger partial charge in [-0.2, -0.15) is 13.2 Å². The molecule has 0 saturated carbocycles. The summed E-state index contributed by atoms with van der Waals surface area (Å²) in [6, 6.07) is 3.22. The molecule has 1 fully saturated rings. The minimum absolute atomic E-state index is 0.0956. The van der Waals surface area contributed by atoms with E-state index in [9.17, 15) is 18.0 Å². The maximum atomic E-state index is 12.9. The number of primary amides is 1. The molecule has 0 spiro atoms. The molecule has 116 valence electrons. The summed E-state index contributed by atoms with van der Waals surface area (Å²) in [6.07, 6.45) is -2.80. The monoisotopic (exact) mass is 302 g/mol. The number of hydrogen-bond acceptors (Lipinski definition) is 3. The van der Waals surface area contributed by atoms with Crippen molar-refractivity contribution in [3.8, 4) is 5.75 Å². The molecule has 1 aliphatic rings. The molecule has 1 aromatic carbocycles. The molecule has 4 nitrogen and oxygen atoms in total. The van der Waals surface area contributed by atoms with E-state index in [1.54, 1.807) is 0 Å². The first-order chi connectivity index (χ1) is 9.88. The highest BCUT2D eigenvalue weighted by molar-refractivity contribution is 5.94. The van der Waals surface area contributed by atoms with Gasteiger partial charge in [0.1, 0.15) is 5.75 Å². The molecule has 21 heavy (non-hydrogen) atoms. The van der Waals surface area contributed by atoms with E-state index in [0.717, 1.165) is 38.1 Å². The molecular formula is C14H17F3N2O2. The Morgan fingerprint density at radius 1 is 1.43 bits per heavy atom. The molecule has 1 aromatic rings.